The topological polar surface area (TPSA) is 37.4 Å². The number of guanidine groups is 1. The van der Waals surface area contributed by atoms with Crippen LogP contribution in [0.4, 0.5) is 5.69 Å². The zero-order valence-corrected chi connectivity index (χ0v) is 21.9. The summed E-state index contributed by atoms with van der Waals surface area (Å²) in [5.74, 6) is 1.05. The molecule has 1 aromatic rings. The Morgan fingerprint density at radius 1 is 1.03 bits per heavy atom. The van der Waals surface area contributed by atoms with Gasteiger partial charge in [0.2, 0.25) is 0 Å². The molecule has 2 heterocycles. The molecule has 0 amide bonds. The van der Waals surface area contributed by atoms with E-state index in [0.29, 0.717) is 6.04 Å². The fourth-order valence-electron chi connectivity index (χ4n) is 4.46. The Hall–Kier alpha value is -1.06. The Labute approximate surface area is 200 Å². The highest BCUT2D eigenvalue weighted by atomic mass is 127. The van der Waals surface area contributed by atoms with Gasteiger partial charge < -0.3 is 20.0 Å². The van der Waals surface area contributed by atoms with Crippen molar-refractivity contribution in [3.8, 4) is 0 Å². The van der Waals surface area contributed by atoms with Gasteiger partial charge in [-0.3, -0.25) is 9.89 Å². The van der Waals surface area contributed by atoms with Crippen LogP contribution in [-0.2, 0) is 0 Å². The van der Waals surface area contributed by atoms with Gasteiger partial charge in [0.25, 0.3) is 0 Å². The Morgan fingerprint density at radius 3 is 2.30 bits per heavy atom. The fraction of sp³-hybridized carbons (Fsp3) is 0.696. The van der Waals surface area contributed by atoms with E-state index < -0.39 is 0 Å². The van der Waals surface area contributed by atoms with Gasteiger partial charge >= 0.3 is 0 Å². The van der Waals surface area contributed by atoms with Crippen molar-refractivity contribution < 1.29 is 0 Å². The van der Waals surface area contributed by atoms with Gasteiger partial charge in [0.15, 0.2) is 5.96 Å². The molecule has 1 N–H and O–H groups in total. The van der Waals surface area contributed by atoms with Crippen molar-refractivity contribution in [2.45, 2.75) is 33.7 Å². The van der Waals surface area contributed by atoms with Gasteiger partial charge in [0, 0.05) is 77.7 Å². The molecule has 0 aromatic heterocycles. The smallest absolute Gasteiger partial charge is 0.193 e. The summed E-state index contributed by atoms with van der Waals surface area (Å²) in [7, 11) is 1.91. The van der Waals surface area contributed by atoms with Crippen molar-refractivity contribution in [2.24, 2.45) is 4.99 Å². The normalized spacial score (nSPS) is 20.1. The summed E-state index contributed by atoms with van der Waals surface area (Å²) in [4.78, 5) is 14.6. The van der Waals surface area contributed by atoms with Gasteiger partial charge in [-0.05, 0) is 44.5 Å². The van der Waals surface area contributed by atoms with E-state index in [1.54, 1.807) is 0 Å². The Kier molecular flexibility index (Phi) is 10.2. The molecule has 2 aliphatic heterocycles. The molecule has 1 aromatic carbocycles. The number of benzene rings is 1. The average Bonchev–Trinajstić information content (AvgIpc) is 2.76. The lowest BCUT2D eigenvalue weighted by Gasteiger charge is -2.40. The molecule has 6 nitrogen and oxygen atoms in total. The molecular weight excluding hydrogens is 487 g/mol. The summed E-state index contributed by atoms with van der Waals surface area (Å²) < 4.78 is 0. The molecule has 2 fully saturated rings. The van der Waals surface area contributed by atoms with Crippen LogP contribution in [0.5, 0.6) is 0 Å². The van der Waals surface area contributed by atoms with Crippen LogP contribution in [0.25, 0.3) is 0 Å². The van der Waals surface area contributed by atoms with Gasteiger partial charge in [-0.1, -0.05) is 19.1 Å². The summed E-state index contributed by atoms with van der Waals surface area (Å²) in [6, 6.07) is 7.16. The number of halogens is 1. The minimum Gasteiger partial charge on any atom is -0.368 e. The monoisotopic (exact) mass is 528 g/mol. The maximum absolute atomic E-state index is 4.57. The SMILES string of the molecule is CCN1CCN(C(C)CNC(=NC)N2CCN(c3cccc(C)c3C)CC2)CC1.I. The number of piperazine rings is 2. The summed E-state index contributed by atoms with van der Waals surface area (Å²) >= 11 is 0. The summed E-state index contributed by atoms with van der Waals surface area (Å²) in [5, 5.41) is 3.64. The van der Waals surface area contributed by atoms with E-state index in [0.717, 1.165) is 38.7 Å². The molecule has 0 spiro atoms. The lowest BCUT2D eigenvalue weighted by Crippen LogP contribution is -2.56. The van der Waals surface area contributed by atoms with Gasteiger partial charge in [0.05, 0.1) is 0 Å². The largest absolute Gasteiger partial charge is 0.368 e. The summed E-state index contributed by atoms with van der Waals surface area (Å²) in [6.07, 6.45) is 0. The quantitative estimate of drug-likeness (QED) is 0.362. The molecule has 7 heteroatoms. The first kappa shape index (κ1) is 25.2. The number of likely N-dealkylation sites (N-methyl/N-ethyl adjacent to an activating group) is 1. The molecule has 0 aliphatic carbocycles. The van der Waals surface area contributed by atoms with E-state index in [9.17, 15) is 0 Å². The first-order valence-electron chi connectivity index (χ1n) is 11.3. The van der Waals surface area contributed by atoms with E-state index in [1.165, 1.54) is 49.5 Å². The predicted octanol–water partition coefficient (Wildman–Crippen LogP) is 2.64. The third kappa shape index (κ3) is 6.23. The highest BCUT2D eigenvalue weighted by Crippen LogP contribution is 2.23. The molecule has 3 rings (SSSR count). The molecule has 30 heavy (non-hydrogen) atoms. The van der Waals surface area contributed by atoms with Crippen LogP contribution in [0.1, 0.15) is 25.0 Å². The highest BCUT2D eigenvalue weighted by molar-refractivity contribution is 14.0. The third-order valence-electron chi connectivity index (χ3n) is 6.74. The molecule has 2 aliphatic rings. The Balaban J connectivity index is 0.00000320. The average molecular weight is 529 g/mol. The fourth-order valence-corrected chi connectivity index (χ4v) is 4.46. The second kappa shape index (κ2) is 12.1. The highest BCUT2D eigenvalue weighted by Gasteiger charge is 2.23. The molecule has 2 saturated heterocycles. The first-order chi connectivity index (χ1) is 14.0. The zero-order chi connectivity index (χ0) is 20.8. The van der Waals surface area contributed by atoms with Crippen molar-refractivity contribution in [1.29, 1.82) is 0 Å². The van der Waals surface area contributed by atoms with Crippen molar-refractivity contribution in [3.05, 3.63) is 29.3 Å². The van der Waals surface area contributed by atoms with Gasteiger partial charge in [0.1, 0.15) is 0 Å². The van der Waals surface area contributed by atoms with Gasteiger partial charge in [-0.2, -0.15) is 0 Å². The van der Waals surface area contributed by atoms with Crippen LogP contribution in [0.2, 0.25) is 0 Å². The van der Waals surface area contributed by atoms with E-state index in [-0.39, 0.29) is 24.0 Å². The molecule has 1 unspecified atom stereocenters. The van der Waals surface area contributed by atoms with Gasteiger partial charge in [-0.15, -0.1) is 24.0 Å². The Bertz CT molecular complexity index is 678. The predicted molar refractivity (Wildman–Crippen MR) is 140 cm³/mol. The third-order valence-corrected chi connectivity index (χ3v) is 6.74. The minimum atomic E-state index is 0. The van der Waals surface area contributed by atoms with E-state index in [4.69, 9.17) is 0 Å². The number of nitrogens with zero attached hydrogens (tertiary/aromatic N) is 5. The molecular formula is C23H41IN6. The molecule has 0 saturated carbocycles. The minimum absolute atomic E-state index is 0. The van der Waals surface area contributed by atoms with Gasteiger partial charge in [-0.25, -0.2) is 0 Å². The van der Waals surface area contributed by atoms with Crippen molar-refractivity contribution in [3.63, 3.8) is 0 Å². The Morgan fingerprint density at radius 2 is 1.70 bits per heavy atom. The van der Waals surface area contributed by atoms with E-state index >= 15 is 0 Å². The molecule has 170 valence electrons. The van der Waals surface area contributed by atoms with Crippen molar-refractivity contribution >= 4 is 35.6 Å². The summed E-state index contributed by atoms with van der Waals surface area (Å²) in [6.45, 7) is 20.0. The molecule has 1 atom stereocenters. The maximum Gasteiger partial charge on any atom is 0.193 e. The standard InChI is InChI=1S/C23H40N6.HI/c1-6-26-10-12-27(13-11-26)20(3)18-25-23(24-5)29-16-14-28(15-17-29)22-9-7-8-19(2)21(22)4;/h7-9,20H,6,10-18H2,1-5H3,(H,24,25);1H. The van der Waals surface area contributed by atoms with Crippen LogP contribution in [0.15, 0.2) is 23.2 Å². The van der Waals surface area contributed by atoms with E-state index in [1.807, 2.05) is 7.05 Å². The number of hydrogen-bond acceptors (Lipinski definition) is 4. The second-order valence-corrected chi connectivity index (χ2v) is 8.44. The number of aliphatic imine (C=N–C) groups is 1. The van der Waals surface area contributed by atoms with Crippen molar-refractivity contribution in [1.82, 2.24) is 20.0 Å². The molecule has 0 bridgehead atoms. The lowest BCUT2D eigenvalue weighted by atomic mass is 10.1. The number of nitrogens with one attached hydrogen (secondary N) is 1. The number of rotatable bonds is 5. The maximum atomic E-state index is 4.57. The van der Waals surface area contributed by atoms with Crippen LogP contribution in [-0.4, -0.2) is 99.2 Å². The first-order valence-corrected chi connectivity index (χ1v) is 11.3. The molecule has 0 radical (unpaired) electrons. The van der Waals surface area contributed by atoms with E-state index in [2.05, 4.69) is 75.8 Å². The number of aryl methyl sites for hydroxylation is 1. The lowest BCUT2D eigenvalue weighted by molar-refractivity contribution is 0.107. The second-order valence-electron chi connectivity index (χ2n) is 8.44. The number of hydrogen-bond donors (Lipinski definition) is 1. The number of anilines is 1. The van der Waals surface area contributed by atoms with Crippen LogP contribution in [0, 0.1) is 13.8 Å². The van der Waals surface area contributed by atoms with Crippen LogP contribution < -0.4 is 10.2 Å². The zero-order valence-electron chi connectivity index (χ0n) is 19.5. The van der Waals surface area contributed by atoms with Crippen LogP contribution >= 0.6 is 24.0 Å². The van der Waals surface area contributed by atoms with Crippen LogP contribution in [0.3, 0.4) is 0 Å². The summed E-state index contributed by atoms with van der Waals surface area (Å²) in [5.41, 5.74) is 4.16. The van der Waals surface area contributed by atoms with Crippen molar-refractivity contribution in [2.75, 3.05) is 77.4 Å².